The van der Waals surface area contributed by atoms with Gasteiger partial charge in [0.2, 0.25) is 0 Å². The third kappa shape index (κ3) is 4.15. The molecule has 0 aromatic rings. The van der Waals surface area contributed by atoms with E-state index in [0.717, 1.165) is 12.8 Å². The number of rotatable bonds is 4. The lowest BCUT2D eigenvalue weighted by molar-refractivity contribution is -0.146. The Morgan fingerprint density at radius 1 is 1.50 bits per heavy atom. The van der Waals surface area contributed by atoms with Crippen molar-refractivity contribution in [2.45, 2.75) is 25.0 Å². The summed E-state index contributed by atoms with van der Waals surface area (Å²) in [6.45, 7) is 1.03. The van der Waals surface area contributed by atoms with Gasteiger partial charge < -0.3 is 25.3 Å². The highest BCUT2D eigenvalue weighted by molar-refractivity contribution is 5.76. The molecule has 0 aliphatic carbocycles. The predicted molar refractivity (Wildman–Crippen MR) is 65.3 cm³/mol. The fourth-order valence-corrected chi connectivity index (χ4v) is 1.94. The molecule has 1 heterocycles. The van der Waals surface area contributed by atoms with Gasteiger partial charge in [-0.05, 0) is 26.9 Å². The molecule has 0 bridgehead atoms. The number of hydrogen-bond acceptors (Lipinski definition) is 4. The van der Waals surface area contributed by atoms with Crippen molar-refractivity contribution in [2.75, 3.05) is 33.7 Å². The molecule has 0 aromatic heterocycles. The van der Waals surface area contributed by atoms with Crippen LogP contribution >= 0.6 is 0 Å². The van der Waals surface area contributed by atoms with Crippen molar-refractivity contribution < 1.29 is 19.8 Å². The summed E-state index contributed by atoms with van der Waals surface area (Å²) in [6, 6.07) is 0.00995. The number of hydrogen-bond donors (Lipinski definition) is 3. The van der Waals surface area contributed by atoms with E-state index < -0.39 is 12.1 Å². The Labute approximate surface area is 106 Å². The van der Waals surface area contributed by atoms with Crippen molar-refractivity contribution in [1.82, 2.24) is 15.1 Å². The first-order valence-corrected chi connectivity index (χ1v) is 6.02. The van der Waals surface area contributed by atoms with E-state index in [1.807, 2.05) is 14.1 Å². The average Bonchev–Trinajstić information content (AvgIpc) is 2.35. The highest BCUT2D eigenvalue weighted by atomic mass is 16.4. The summed E-state index contributed by atoms with van der Waals surface area (Å²) < 4.78 is 0. The molecule has 7 nitrogen and oxygen atoms in total. The molecule has 0 saturated carbocycles. The monoisotopic (exact) mass is 259 g/mol. The van der Waals surface area contributed by atoms with E-state index in [4.69, 9.17) is 10.2 Å². The van der Waals surface area contributed by atoms with Crippen LogP contribution in [-0.4, -0.2) is 77.9 Å². The first-order chi connectivity index (χ1) is 8.41. The van der Waals surface area contributed by atoms with Gasteiger partial charge in [0.1, 0.15) is 0 Å². The molecule has 7 heteroatoms. The first kappa shape index (κ1) is 14.7. The average molecular weight is 259 g/mol. The molecule has 1 saturated heterocycles. The Morgan fingerprint density at radius 3 is 2.72 bits per heavy atom. The predicted octanol–water partition coefficient (Wildman–Crippen LogP) is -0.832. The summed E-state index contributed by atoms with van der Waals surface area (Å²) in [5.41, 5.74) is 0. The SMILES string of the molecule is CN(C)C1CCCN(C(=O)NCC(O)C(=O)O)C1. The van der Waals surface area contributed by atoms with Crippen LogP contribution in [0.25, 0.3) is 0 Å². The summed E-state index contributed by atoms with van der Waals surface area (Å²) in [5, 5.41) is 20.0. The van der Waals surface area contributed by atoms with Gasteiger partial charge in [0.05, 0.1) is 6.54 Å². The molecule has 1 fully saturated rings. The van der Waals surface area contributed by atoms with Crippen LogP contribution in [0.15, 0.2) is 0 Å². The van der Waals surface area contributed by atoms with Crippen molar-refractivity contribution in [3.8, 4) is 0 Å². The van der Waals surface area contributed by atoms with Crippen molar-refractivity contribution in [3.05, 3.63) is 0 Å². The molecular weight excluding hydrogens is 238 g/mol. The topological polar surface area (TPSA) is 93.1 Å². The Bertz CT molecular complexity index is 309. The van der Waals surface area contributed by atoms with Crippen molar-refractivity contribution in [1.29, 1.82) is 0 Å². The zero-order valence-electron chi connectivity index (χ0n) is 10.8. The van der Waals surface area contributed by atoms with Gasteiger partial charge >= 0.3 is 12.0 Å². The van der Waals surface area contributed by atoms with Crippen molar-refractivity contribution in [2.24, 2.45) is 0 Å². The molecule has 2 atom stereocenters. The number of aliphatic hydroxyl groups is 1. The number of amides is 2. The fourth-order valence-electron chi connectivity index (χ4n) is 1.94. The summed E-state index contributed by atoms with van der Waals surface area (Å²) in [7, 11) is 3.94. The summed E-state index contributed by atoms with van der Waals surface area (Å²) in [5.74, 6) is -1.33. The Balaban J connectivity index is 2.39. The number of urea groups is 1. The molecule has 1 aliphatic rings. The van der Waals surface area contributed by atoms with Crippen LogP contribution in [0.2, 0.25) is 0 Å². The van der Waals surface area contributed by atoms with Gasteiger partial charge in [0.15, 0.2) is 6.10 Å². The molecule has 0 aromatic carbocycles. The van der Waals surface area contributed by atoms with Gasteiger partial charge in [-0.1, -0.05) is 0 Å². The van der Waals surface area contributed by atoms with Crippen LogP contribution < -0.4 is 5.32 Å². The number of nitrogens with zero attached hydrogens (tertiary/aromatic N) is 2. The van der Waals surface area contributed by atoms with Crippen LogP contribution in [0.3, 0.4) is 0 Å². The maximum Gasteiger partial charge on any atom is 0.334 e. The van der Waals surface area contributed by atoms with Crippen LogP contribution in [-0.2, 0) is 4.79 Å². The lowest BCUT2D eigenvalue weighted by Crippen LogP contribution is -2.52. The number of nitrogens with one attached hydrogen (secondary N) is 1. The minimum atomic E-state index is -1.55. The molecule has 2 amide bonds. The summed E-state index contributed by atoms with van der Waals surface area (Å²) in [4.78, 5) is 25.9. The van der Waals surface area contributed by atoms with E-state index in [0.29, 0.717) is 19.1 Å². The number of carbonyl (C=O) groups is 2. The molecule has 104 valence electrons. The van der Waals surface area contributed by atoms with Crippen LogP contribution in [0.1, 0.15) is 12.8 Å². The molecule has 3 N–H and O–H groups in total. The zero-order chi connectivity index (χ0) is 13.7. The van der Waals surface area contributed by atoms with Crippen molar-refractivity contribution >= 4 is 12.0 Å². The van der Waals surface area contributed by atoms with Crippen LogP contribution in [0.5, 0.6) is 0 Å². The second kappa shape index (κ2) is 6.55. The third-order valence-electron chi connectivity index (χ3n) is 3.15. The maximum absolute atomic E-state index is 11.8. The maximum atomic E-state index is 11.8. The van der Waals surface area contributed by atoms with Crippen molar-refractivity contribution in [3.63, 3.8) is 0 Å². The fraction of sp³-hybridized carbons (Fsp3) is 0.818. The normalized spacial score (nSPS) is 21.8. The van der Waals surface area contributed by atoms with E-state index >= 15 is 0 Å². The number of likely N-dealkylation sites (tertiary alicyclic amines) is 1. The smallest absolute Gasteiger partial charge is 0.334 e. The Hall–Kier alpha value is -1.34. The standard InChI is InChI=1S/C11H21N3O4/c1-13(2)8-4-3-5-14(7-8)11(18)12-6-9(15)10(16)17/h8-9,15H,3-7H2,1-2H3,(H,12,18)(H,16,17). The van der Waals surface area contributed by atoms with Gasteiger partial charge in [0, 0.05) is 19.1 Å². The molecule has 2 unspecified atom stereocenters. The van der Waals surface area contributed by atoms with E-state index in [2.05, 4.69) is 10.2 Å². The van der Waals surface area contributed by atoms with Gasteiger partial charge in [-0.15, -0.1) is 0 Å². The van der Waals surface area contributed by atoms with E-state index in [1.165, 1.54) is 0 Å². The number of aliphatic hydroxyl groups excluding tert-OH is 1. The number of piperidine rings is 1. The second-order valence-corrected chi connectivity index (χ2v) is 4.75. The second-order valence-electron chi connectivity index (χ2n) is 4.75. The minimum Gasteiger partial charge on any atom is -0.479 e. The molecule has 1 aliphatic heterocycles. The lowest BCUT2D eigenvalue weighted by atomic mass is 10.1. The number of carboxylic acids is 1. The third-order valence-corrected chi connectivity index (χ3v) is 3.15. The largest absolute Gasteiger partial charge is 0.479 e. The first-order valence-electron chi connectivity index (χ1n) is 6.02. The number of likely N-dealkylation sites (N-methyl/N-ethyl adjacent to an activating group) is 1. The summed E-state index contributed by atoms with van der Waals surface area (Å²) >= 11 is 0. The molecule has 18 heavy (non-hydrogen) atoms. The number of carbonyl (C=O) groups excluding carboxylic acids is 1. The van der Waals surface area contributed by atoms with E-state index in [9.17, 15) is 9.59 Å². The van der Waals surface area contributed by atoms with Gasteiger partial charge in [-0.25, -0.2) is 9.59 Å². The van der Waals surface area contributed by atoms with Gasteiger partial charge in [-0.2, -0.15) is 0 Å². The van der Waals surface area contributed by atoms with E-state index in [-0.39, 0.29) is 12.6 Å². The Kier molecular flexibility index (Phi) is 5.36. The number of carboxylic acid groups (broad SMARTS) is 1. The minimum absolute atomic E-state index is 0.267. The molecule has 0 radical (unpaired) electrons. The van der Waals surface area contributed by atoms with Crippen LogP contribution in [0, 0.1) is 0 Å². The Morgan fingerprint density at radius 2 is 2.17 bits per heavy atom. The highest BCUT2D eigenvalue weighted by Gasteiger charge is 2.25. The van der Waals surface area contributed by atoms with E-state index in [1.54, 1.807) is 4.90 Å². The summed E-state index contributed by atoms with van der Waals surface area (Å²) in [6.07, 6.45) is 0.426. The van der Waals surface area contributed by atoms with Crippen LogP contribution in [0.4, 0.5) is 4.79 Å². The highest BCUT2D eigenvalue weighted by Crippen LogP contribution is 2.13. The van der Waals surface area contributed by atoms with Gasteiger partial charge in [0.25, 0.3) is 0 Å². The lowest BCUT2D eigenvalue weighted by Gasteiger charge is -2.36. The molecule has 0 spiro atoms. The molecule has 1 rings (SSSR count). The number of aliphatic carboxylic acids is 1. The van der Waals surface area contributed by atoms with Gasteiger partial charge in [-0.3, -0.25) is 0 Å². The quantitative estimate of drug-likeness (QED) is 0.612. The molecular formula is C11H21N3O4. The zero-order valence-corrected chi connectivity index (χ0v) is 10.8.